The number of benzene rings is 1. The normalized spacial score (nSPS) is 17.3. The van der Waals surface area contributed by atoms with Crippen LogP contribution in [0.15, 0.2) is 30.3 Å². The quantitative estimate of drug-likeness (QED) is 0.829. The molecule has 3 atom stereocenters. The standard InChI is InChI=1S/C16H25NO2/c1-5-12(2)13(3)17-15(18)11-16(4,19)14-9-7-6-8-10-14/h6-10,12-13,19H,5,11H2,1-4H3,(H,17,18). The van der Waals surface area contributed by atoms with E-state index in [0.29, 0.717) is 5.92 Å². The van der Waals surface area contributed by atoms with Crippen LogP contribution in [0.5, 0.6) is 0 Å². The van der Waals surface area contributed by atoms with Gasteiger partial charge in [-0.1, -0.05) is 50.6 Å². The van der Waals surface area contributed by atoms with Gasteiger partial charge in [-0.25, -0.2) is 0 Å². The lowest BCUT2D eigenvalue weighted by Gasteiger charge is -2.26. The Kier molecular flexibility index (Phi) is 5.55. The highest BCUT2D eigenvalue weighted by Gasteiger charge is 2.27. The molecule has 0 heterocycles. The van der Waals surface area contributed by atoms with E-state index in [2.05, 4.69) is 19.2 Å². The minimum atomic E-state index is -1.12. The number of carbonyl (C=O) groups is 1. The lowest BCUT2D eigenvalue weighted by atomic mass is 9.92. The molecule has 0 radical (unpaired) electrons. The zero-order valence-corrected chi connectivity index (χ0v) is 12.3. The molecular weight excluding hydrogens is 238 g/mol. The van der Waals surface area contributed by atoms with Gasteiger partial charge in [-0.2, -0.15) is 0 Å². The van der Waals surface area contributed by atoms with Crippen LogP contribution in [0.25, 0.3) is 0 Å². The molecule has 0 aromatic heterocycles. The predicted molar refractivity (Wildman–Crippen MR) is 77.7 cm³/mol. The molecule has 0 saturated carbocycles. The molecule has 0 aliphatic heterocycles. The molecule has 0 fully saturated rings. The molecule has 1 amide bonds. The van der Waals surface area contributed by atoms with Crippen LogP contribution in [-0.4, -0.2) is 17.1 Å². The van der Waals surface area contributed by atoms with Crippen molar-refractivity contribution in [3.8, 4) is 0 Å². The average Bonchev–Trinajstić information content (AvgIpc) is 2.38. The summed E-state index contributed by atoms with van der Waals surface area (Å²) in [6.45, 7) is 7.90. The van der Waals surface area contributed by atoms with Crippen molar-refractivity contribution in [2.24, 2.45) is 5.92 Å². The van der Waals surface area contributed by atoms with E-state index in [9.17, 15) is 9.90 Å². The summed E-state index contributed by atoms with van der Waals surface area (Å²) in [5.74, 6) is 0.326. The topological polar surface area (TPSA) is 49.3 Å². The van der Waals surface area contributed by atoms with E-state index < -0.39 is 5.60 Å². The number of aliphatic hydroxyl groups is 1. The van der Waals surface area contributed by atoms with Crippen molar-refractivity contribution in [1.82, 2.24) is 5.32 Å². The smallest absolute Gasteiger partial charge is 0.223 e. The molecule has 1 rings (SSSR count). The predicted octanol–water partition coefficient (Wildman–Crippen LogP) is 2.84. The van der Waals surface area contributed by atoms with Crippen LogP contribution in [0.1, 0.15) is 46.1 Å². The van der Waals surface area contributed by atoms with Gasteiger partial charge in [-0.3, -0.25) is 4.79 Å². The van der Waals surface area contributed by atoms with E-state index in [-0.39, 0.29) is 18.4 Å². The number of hydrogen-bond acceptors (Lipinski definition) is 2. The Labute approximate surface area is 116 Å². The molecule has 1 aromatic rings. The maximum Gasteiger partial charge on any atom is 0.223 e. The van der Waals surface area contributed by atoms with E-state index in [4.69, 9.17) is 0 Å². The Morgan fingerprint density at radius 1 is 1.32 bits per heavy atom. The van der Waals surface area contributed by atoms with Gasteiger partial charge in [0, 0.05) is 6.04 Å². The van der Waals surface area contributed by atoms with Gasteiger partial charge in [-0.05, 0) is 25.3 Å². The number of rotatable bonds is 6. The molecule has 3 unspecified atom stereocenters. The van der Waals surface area contributed by atoms with E-state index >= 15 is 0 Å². The highest BCUT2D eigenvalue weighted by atomic mass is 16.3. The van der Waals surface area contributed by atoms with Gasteiger partial charge in [0.25, 0.3) is 0 Å². The Morgan fingerprint density at radius 3 is 2.42 bits per heavy atom. The van der Waals surface area contributed by atoms with E-state index in [0.717, 1.165) is 12.0 Å². The van der Waals surface area contributed by atoms with Crippen molar-refractivity contribution in [1.29, 1.82) is 0 Å². The largest absolute Gasteiger partial charge is 0.385 e. The Bertz CT molecular complexity index is 400. The summed E-state index contributed by atoms with van der Waals surface area (Å²) < 4.78 is 0. The van der Waals surface area contributed by atoms with Gasteiger partial charge in [-0.15, -0.1) is 0 Å². The summed E-state index contributed by atoms with van der Waals surface area (Å²) in [7, 11) is 0. The first-order valence-corrected chi connectivity index (χ1v) is 6.94. The first-order chi connectivity index (χ1) is 8.86. The van der Waals surface area contributed by atoms with E-state index in [1.807, 2.05) is 37.3 Å². The molecule has 19 heavy (non-hydrogen) atoms. The van der Waals surface area contributed by atoms with Crippen molar-refractivity contribution >= 4 is 5.91 Å². The van der Waals surface area contributed by atoms with Crippen LogP contribution >= 0.6 is 0 Å². The molecule has 0 aliphatic rings. The van der Waals surface area contributed by atoms with Gasteiger partial charge in [0.1, 0.15) is 0 Å². The molecule has 0 saturated heterocycles. The number of amides is 1. The van der Waals surface area contributed by atoms with Crippen molar-refractivity contribution in [3.05, 3.63) is 35.9 Å². The highest BCUT2D eigenvalue weighted by Crippen LogP contribution is 2.24. The molecule has 0 spiro atoms. The summed E-state index contributed by atoms with van der Waals surface area (Å²) in [4.78, 5) is 12.0. The minimum Gasteiger partial charge on any atom is -0.385 e. The van der Waals surface area contributed by atoms with Crippen LogP contribution < -0.4 is 5.32 Å². The van der Waals surface area contributed by atoms with E-state index in [1.54, 1.807) is 6.92 Å². The molecule has 0 aliphatic carbocycles. The molecule has 106 valence electrons. The molecule has 1 aromatic carbocycles. The Hall–Kier alpha value is -1.35. The van der Waals surface area contributed by atoms with Gasteiger partial charge in [0.2, 0.25) is 5.91 Å². The van der Waals surface area contributed by atoms with Crippen molar-refractivity contribution in [2.75, 3.05) is 0 Å². The Balaban J connectivity index is 2.61. The van der Waals surface area contributed by atoms with Gasteiger partial charge < -0.3 is 10.4 Å². The summed E-state index contributed by atoms with van der Waals surface area (Å²) in [6.07, 6.45) is 1.11. The zero-order chi connectivity index (χ0) is 14.5. The van der Waals surface area contributed by atoms with Crippen molar-refractivity contribution in [2.45, 2.75) is 52.2 Å². The van der Waals surface area contributed by atoms with Crippen LogP contribution in [0.3, 0.4) is 0 Å². The first-order valence-electron chi connectivity index (χ1n) is 6.94. The number of carbonyl (C=O) groups excluding carboxylic acids is 1. The third-order valence-electron chi connectivity index (χ3n) is 3.79. The lowest BCUT2D eigenvalue weighted by molar-refractivity contribution is -0.126. The summed E-state index contributed by atoms with van der Waals surface area (Å²) in [5.41, 5.74) is -0.359. The maximum atomic E-state index is 12.0. The third kappa shape index (κ3) is 4.67. The van der Waals surface area contributed by atoms with Crippen molar-refractivity contribution < 1.29 is 9.90 Å². The summed E-state index contributed by atoms with van der Waals surface area (Å²) in [6, 6.07) is 9.43. The fourth-order valence-electron chi connectivity index (χ4n) is 2.01. The monoisotopic (exact) mass is 263 g/mol. The third-order valence-corrected chi connectivity index (χ3v) is 3.79. The van der Waals surface area contributed by atoms with Crippen LogP contribution in [0, 0.1) is 5.92 Å². The van der Waals surface area contributed by atoms with Gasteiger partial charge >= 0.3 is 0 Å². The second-order valence-corrected chi connectivity index (χ2v) is 5.56. The molecular formula is C16H25NO2. The summed E-state index contributed by atoms with van der Waals surface area (Å²) >= 11 is 0. The second kappa shape index (κ2) is 6.71. The number of hydrogen-bond donors (Lipinski definition) is 2. The molecule has 3 heteroatoms. The fraction of sp³-hybridized carbons (Fsp3) is 0.562. The van der Waals surface area contributed by atoms with Crippen LogP contribution in [0.2, 0.25) is 0 Å². The molecule has 2 N–H and O–H groups in total. The Morgan fingerprint density at radius 2 is 1.89 bits per heavy atom. The lowest BCUT2D eigenvalue weighted by Crippen LogP contribution is -2.40. The minimum absolute atomic E-state index is 0.0811. The average molecular weight is 263 g/mol. The summed E-state index contributed by atoms with van der Waals surface area (Å²) in [5, 5.41) is 13.4. The van der Waals surface area contributed by atoms with Gasteiger partial charge in [0.15, 0.2) is 0 Å². The van der Waals surface area contributed by atoms with Crippen molar-refractivity contribution in [3.63, 3.8) is 0 Å². The first kappa shape index (κ1) is 15.7. The van der Waals surface area contributed by atoms with Crippen LogP contribution in [-0.2, 0) is 10.4 Å². The number of nitrogens with one attached hydrogen (secondary N) is 1. The van der Waals surface area contributed by atoms with Crippen LogP contribution in [0.4, 0.5) is 0 Å². The maximum absolute atomic E-state index is 12.0. The molecule has 0 bridgehead atoms. The van der Waals surface area contributed by atoms with E-state index in [1.165, 1.54) is 0 Å². The molecule has 3 nitrogen and oxygen atoms in total. The fourth-order valence-corrected chi connectivity index (χ4v) is 2.01. The zero-order valence-electron chi connectivity index (χ0n) is 12.3. The SMILES string of the molecule is CCC(C)C(C)NC(=O)CC(C)(O)c1ccccc1. The second-order valence-electron chi connectivity index (χ2n) is 5.56. The highest BCUT2D eigenvalue weighted by molar-refractivity contribution is 5.77. The van der Waals surface area contributed by atoms with Gasteiger partial charge in [0.05, 0.1) is 12.0 Å².